The number of unbranched alkanes of at least 4 members (excludes halogenated alkanes) is 26. The lowest BCUT2D eigenvalue weighted by molar-refractivity contribution is -0.167. The van der Waals surface area contributed by atoms with Crippen LogP contribution in [0.1, 0.15) is 290 Å². The van der Waals surface area contributed by atoms with Crippen LogP contribution in [0, 0.1) is 0 Å². The normalized spacial score (nSPS) is 12.9. The van der Waals surface area contributed by atoms with Gasteiger partial charge in [-0.25, -0.2) is 0 Å². The van der Waals surface area contributed by atoms with E-state index >= 15 is 0 Å². The van der Waals surface area contributed by atoms with E-state index < -0.39 is 6.10 Å². The number of esters is 3. The van der Waals surface area contributed by atoms with Gasteiger partial charge in [-0.05, 0) is 116 Å². The van der Waals surface area contributed by atoms with Crippen molar-refractivity contribution in [3.63, 3.8) is 0 Å². The molecule has 6 nitrogen and oxygen atoms in total. The Hall–Kier alpha value is -4.19. The highest BCUT2D eigenvalue weighted by molar-refractivity contribution is 5.71. The van der Waals surface area contributed by atoms with Gasteiger partial charge in [0.25, 0.3) is 0 Å². The number of carbonyl (C=O) groups is 3. The van der Waals surface area contributed by atoms with Gasteiger partial charge in [0.2, 0.25) is 0 Å². The van der Waals surface area contributed by atoms with Crippen LogP contribution in [-0.2, 0) is 28.6 Å². The summed E-state index contributed by atoms with van der Waals surface area (Å²) in [5.74, 6) is -0.925. The van der Waals surface area contributed by atoms with Gasteiger partial charge in [-0.2, -0.15) is 0 Å². The molecule has 0 radical (unpaired) electrons. The molecular formula is C71H118O6. The van der Waals surface area contributed by atoms with Gasteiger partial charge in [-0.1, -0.05) is 277 Å². The Bertz CT molecular complexity index is 1600. The van der Waals surface area contributed by atoms with Crippen molar-refractivity contribution in [2.75, 3.05) is 13.2 Å². The van der Waals surface area contributed by atoms with E-state index in [0.29, 0.717) is 19.3 Å². The summed E-state index contributed by atoms with van der Waals surface area (Å²) >= 11 is 0. The maximum atomic E-state index is 12.9. The van der Waals surface area contributed by atoms with Crippen LogP contribution in [0.3, 0.4) is 0 Å². The standard InChI is InChI=1S/C71H118O6/c1-4-7-10-13-16-19-21-23-25-27-29-30-31-32-33-34-35-36-37-38-39-40-42-43-45-47-49-52-55-58-61-64-70(73)76-67-68(66-75-69(72)63-60-57-54-51-18-15-12-9-6-3)77-71(74)65-62-59-56-53-50-48-46-44-41-28-26-24-22-20-17-14-11-8-5-2/h7,10,16,19,23-26,29-30,32-33,35-36,38-39,42-43,47,49,68H,4-6,8-9,11-15,17-18,20-22,27-28,31,34,37,40-41,44-46,48,50-67H2,1-3H3/b10-7-,19-16-,25-23-,26-24-,30-29-,33-32-,36-35-,39-38-,43-42-,49-47-. The van der Waals surface area contributed by atoms with Crippen LogP contribution in [-0.4, -0.2) is 37.2 Å². The largest absolute Gasteiger partial charge is 0.462 e. The van der Waals surface area contributed by atoms with Crippen molar-refractivity contribution >= 4 is 17.9 Å². The Morgan fingerprint density at radius 3 is 0.818 bits per heavy atom. The molecule has 0 saturated carbocycles. The lowest BCUT2D eigenvalue weighted by atomic mass is 10.1. The molecule has 0 aliphatic rings. The lowest BCUT2D eigenvalue weighted by Gasteiger charge is -2.18. The highest BCUT2D eigenvalue weighted by Gasteiger charge is 2.19. The molecular weight excluding hydrogens is 949 g/mol. The van der Waals surface area contributed by atoms with E-state index in [1.807, 2.05) is 0 Å². The average Bonchev–Trinajstić information content (AvgIpc) is 3.43. The molecule has 0 aliphatic heterocycles. The quantitative estimate of drug-likeness (QED) is 0.0261. The predicted octanol–water partition coefficient (Wildman–Crippen LogP) is 22.0. The van der Waals surface area contributed by atoms with Crippen molar-refractivity contribution in [2.24, 2.45) is 0 Å². The number of ether oxygens (including phenoxy) is 3. The van der Waals surface area contributed by atoms with Crippen LogP contribution < -0.4 is 0 Å². The van der Waals surface area contributed by atoms with E-state index in [4.69, 9.17) is 14.2 Å². The number of hydrogen-bond donors (Lipinski definition) is 0. The molecule has 0 aromatic carbocycles. The highest BCUT2D eigenvalue weighted by Crippen LogP contribution is 2.15. The second-order valence-electron chi connectivity index (χ2n) is 20.9. The molecule has 0 saturated heterocycles. The topological polar surface area (TPSA) is 78.9 Å². The zero-order valence-corrected chi connectivity index (χ0v) is 50.2. The molecule has 0 spiro atoms. The average molecular weight is 1070 g/mol. The summed E-state index contributed by atoms with van der Waals surface area (Å²) < 4.78 is 16.8. The summed E-state index contributed by atoms with van der Waals surface area (Å²) in [6.07, 6.45) is 89.3. The second-order valence-corrected chi connectivity index (χ2v) is 20.9. The maximum absolute atomic E-state index is 12.9. The van der Waals surface area contributed by atoms with Gasteiger partial charge in [0.1, 0.15) is 13.2 Å². The van der Waals surface area contributed by atoms with Crippen molar-refractivity contribution in [3.8, 4) is 0 Å². The molecule has 0 aromatic rings. The van der Waals surface area contributed by atoms with E-state index in [0.717, 1.165) is 122 Å². The zero-order valence-electron chi connectivity index (χ0n) is 50.2. The summed E-state index contributed by atoms with van der Waals surface area (Å²) in [6.45, 7) is 6.48. The summed E-state index contributed by atoms with van der Waals surface area (Å²) in [5.41, 5.74) is 0. The van der Waals surface area contributed by atoms with Crippen molar-refractivity contribution in [2.45, 2.75) is 297 Å². The summed E-state index contributed by atoms with van der Waals surface area (Å²) in [4.78, 5) is 38.2. The minimum atomic E-state index is -0.794. The van der Waals surface area contributed by atoms with Gasteiger partial charge in [0.05, 0.1) is 0 Å². The SMILES string of the molecule is CC/C=C\C/C=C\C/C=C\C/C=C\C/C=C\C/C=C\C/C=C\C/C=C\C/C=C\CCCCCC(=O)OCC(COC(=O)CCCCCCCCCCC)OC(=O)CCCCCCCCCCC/C=C\CCCCCCCC. The first kappa shape index (κ1) is 72.8. The molecule has 0 aliphatic carbocycles. The van der Waals surface area contributed by atoms with Crippen molar-refractivity contribution < 1.29 is 28.6 Å². The summed E-state index contributed by atoms with van der Waals surface area (Å²) in [6, 6.07) is 0. The Morgan fingerprint density at radius 1 is 0.273 bits per heavy atom. The maximum Gasteiger partial charge on any atom is 0.306 e. The van der Waals surface area contributed by atoms with Gasteiger partial charge >= 0.3 is 17.9 Å². The molecule has 0 fully saturated rings. The Balaban J connectivity index is 4.30. The molecule has 77 heavy (non-hydrogen) atoms. The molecule has 1 unspecified atom stereocenters. The van der Waals surface area contributed by atoms with Gasteiger partial charge in [-0.3, -0.25) is 14.4 Å². The molecule has 6 heteroatoms. The summed E-state index contributed by atoms with van der Waals surface area (Å²) in [7, 11) is 0. The van der Waals surface area contributed by atoms with E-state index in [1.54, 1.807) is 0 Å². The summed E-state index contributed by atoms with van der Waals surface area (Å²) in [5, 5.41) is 0. The van der Waals surface area contributed by atoms with Crippen molar-refractivity contribution in [1.29, 1.82) is 0 Å². The van der Waals surface area contributed by atoms with Crippen LogP contribution in [0.5, 0.6) is 0 Å². The monoisotopic (exact) mass is 1070 g/mol. The van der Waals surface area contributed by atoms with E-state index in [-0.39, 0.29) is 31.1 Å². The number of rotatable bonds is 57. The molecule has 1 atom stereocenters. The number of hydrogen-bond acceptors (Lipinski definition) is 6. The molecule has 438 valence electrons. The minimum absolute atomic E-state index is 0.0892. The second kappa shape index (κ2) is 64.3. The van der Waals surface area contributed by atoms with Crippen LogP contribution in [0.15, 0.2) is 122 Å². The lowest BCUT2D eigenvalue weighted by Crippen LogP contribution is -2.30. The first-order chi connectivity index (χ1) is 38.0. The Morgan fingerprint density at radius 2 is 0.506 bits per heavy atom. The Kier molecular flexibility index (Phi) is 60.8. The van der Waals surface area contributed by atoms with E-state index in [9.17, 15) is 14.4 Å². The van der Waals surface area contributed by atoms with Crippen molar-refractivity contribution in [1.82, 2.24) is 0 Å². The van der Waals surface area contributed by atoms with Crippen LogP contribution >= 0.6 is 0 Å². The van der Waals surface area contributed by atoms with Gasteiger partial charge < -0.3 is 14.2 Å². The third-order valence-electron chi connectivity index (χ3n) is 13.5. The molecule has 0 heterocycles. The molecule has 0 rings (SSSR count). The first-order valence-corrected chi connectivity index (χ1v) is 32.0. The zero-order chi connectivity index (χ0) is 55.7. The first-order valence-electron chi connectivity index (χ1n) is 32.0. The molecule has 0 bridgehead atoms. The highest BCUT2D eigenvalue weighted by atomic mass is 16.6. The van der Waals surface area contributed by atoms with Gasteiger partial charge in [0, 0.05) is 19.3 Å². The van der Waals surface area contributed by atoms with Crippen LogP contribution in [0.4, 0.5) is 0 Å². The number of allylic oxidation sites excluding steroid dienone is 20. The van der Waals surface area contributed by atoms with Gasteiger partial charge in [0.15, 0.2) is 6.10 Å². The minimum Gasteiger partial charge on any atom is -0.462 e. The van der Waals surface area contributed by atoms with E-state index in [2.05, 4.69) is 142 Å². The molecule has 0 aromatic heterocycles. The molecule has 0 N–H and O–H groups in total. The Labute approximate surface area is 475 Å². The fraction of sp³-hybridized carbons (Fsp3) is 0.676. The fourth-order valence-corrected chi connectivity index (χ4v) is 8.67. The van der Waals surface area contributed by atoms with Gasteiger partial charge in [-0.15, -0.1) is 0 Å². The molecule has 0 amide bonds. The third kappa shape index (κ3) is 62.5. The van der Waals surface area contributed by atoms with Crippen LogP contribution in [0.2, 0.25) is 0 Å². The fourth-order valence-electron chi connectivity index (χ4n) is 8.67. The van der Waals surface area contributed by atoms with E-state index in [1.165, 1.54) is 128 Å². The predicted molar refractivity (Wildman–Crippen MR) is 334 cm³/mol. The van der Waals surface area contributed by atoms with Crippen molar-refractivity contribution in [3.05, 3.63) is 122 Å². The smallest absolute Gasteiger partial charge is 0.306 e. The number of carbonyl (C=O) groups excluding carboxylic acids is 3. The third-order valence-corrected chi connectivity index (χ3v) is 13.5. The van der Waals surface area contributed by atoms with Crippen LogP contribution in [0.25, 0.3) is 0 Å².